The van der Waals surface area contributed by atoms with Crippen LogP contribution < -0.4 is 5.32 Å². The minimum absolute atomic E-state index is 0.658. The van der Waals surface area contributed by atoms with E-state index in [2.05, 4.69) is 5.32 Å². The number of hydrogen-bond donors (Lipinski definition) is 1. The van der Waals surface area contributed by atoms with E-state index in [0.717, 1.165) is 25.6 Å². The molecule has 1 aliphatic carbocycles. The summed E-state index contributed by atoms with van der Waals surface area (Å²) in [5.74, 6) is 0. The van der Waals surface area contributed by atoms with E-state index in [4.69, 9.17) is 14.2 Å². The second-order valence-electron chi connectivity index (χ2n) is 4.15. The molecule has 1 rings (SSSR count). The molecule has 0 aliphatic heterocycles. The van der Waals surface area contributed by atoms with Crippen molar-refractivity contribution in [3.8, 4) is 0 Å². The Balaban J connectivity index is 1.61. The third-order valence-electron chi connectivity index (χ3n) is 2.53. The summed E-state index contributed by atoms with van der Waals surface area (Å²) in [7, 11) is 1.68. The normalized spacial score (nSPS) is 15.6. The van der Waals surface area contributed by atoms with Gasteiger partial charge in [-0.3, -0.25) is 0 Å². The molecule has 0 unspecified atom stereocenters. The predicted molar refractivity (Wildman–Crippen MR) is 63.8 cm³/mol. The van der Waals surface area contributed by atoms with Gasteiger partial charge in [0.05, 0.1) is 26.4 Å². The van der Waals surface area contributed by atoms with E-state index in [1.54, 1.807) is 7.11 Å². The molecule has 0 amide bonds. The van der Waals surface area contributed by atoms with Crippen molar-refractivity contribution in [1.82, 2.24) is 5.32 Å². The van der Waals surface area contributed by atoms with Crippen molar-refractivity contribution in [3.05, 3.63) is 0 Å². The Kier molecular flexibility index (Phi) is 8.71. The van der Waals surface area contributed by atoms with Crippen molar-refractivity contribution in [1.29, 1.82) is 0 Å². The summed E-state index contributed by atoms with van der Waals surface area (Å²) < 4.78 is 15.6. The van der Waals surface area contributed by atoms with Gasteiger partial charge in [0.15, 0.2) is 0 Å². The highest BCUT2D eigenvalue weighted by Gasteiger charge is 2.19. The first-order valence-electron chi connectivity index (χ1n) is 6.31. The number of methoxy groups -OCH3 is 1. The van der Waals surface area contributed by atoms with Gasteiger partial charge < -0.3 is 19.5 Å². The first-order chi connectivity index (χ1) is 7.93. The number of nitrogens with one attached hydrogen (secondary N) is 1. The number of unbranched alkanes of at least 4 members (excludes halogenated alkanes) is 1. The maximum absolute atomic E-state index is 5.44. The molecule has 4 heteroatoms. The van der Waals surface area contributed by atoms with E-state index in [-0.39, 0.29) is 0 Å². The summed E-state index contributed by atoms with van der Waals surface area (Å²) in [6, 6.07) is 0.829. The molecule has 1 fully saturated rings. The number of hydrogen-bond acceptors (Lipinski definition) is 4. The summed E-state index contributed by atoms with van der Waals surface area (Å²) in [5, 5.41) is 3.49. The Morgan fingerprint density at radius 2 is 1.62 bits per heavy atom. The second-order valence-corrected chi connectivity index (χ2v) is 4.15. The predicted octanol–water partition coefficient (Wildman–Crippen LogP) is 1.20. The van der Waals surface area contributed by atoms with Gasteiger partial charge in [-0.25, -0.2) is 0 Å². The highest BCUT2D eigenvalue weighted by Crippen LogP contribution is 2.18. The third kappa shape index (κ3) is 9.09. The quantitative estimate of drug-likeness (QED) is 0.512. The summed E-state index contributed by atoms with van der Waals surface area (Å²) in [6.45, 7) is 4.67. The Hall–Kier alpha value is -0.160. The lowest BCUT2D eigenvalue weighted by Crippen LogP contribution is -2.17. The molecule has 0 heterocycles. The maximum atomic E-state index is 5.44. The van der Waals surface area contributed by atoms with Gasteiger partial charge in [-0.15, -0.1) is 0 Å². The molecule has 0 aromatic heterocycles. The lowest BCUT2D eigenvalue weighted by molar-refractivity contribution is 0.0240. The van der Waals surface area contributed by atoms with Crippen molar-refractivity contribution >= 4 is 0 Å². The van der Waals surface area contributed by atoms with E-state index in [9.17, 15) is 0 Å². The Morgan fingerprint density at radius 3 is 2.31 bits per heavy atom. The Bertz CT molecular complexity index is 151. The molecule has 0 radical (unpaired) electrons. The van der Waals surface area contributed by atoms with Gasteiger partial charge in [0.25, 0.3) is 0 Å². The van der Waals surface area contributed by atoms with Crippen molar-refractivity contribution in [2.75, 3.05) is 46.7 Å². The van der Waals surface area contributed by atoms with Gasteiger partial charge in [-0.1, -0.05) is 0 Å². The van der Waals surface area contributed by atoms with Gasteiger partial charge in [0, 0.05) is 19.8 Å². The maximum Gasteiger partial charge on any atom is 0.0701 e. The molecule has 96 valence electrons. The van der Waals surface area contributed by atoms with Crippen LogP contribution in [-0.2, 0) is 14.2 Å². The molecule has 0 spiro atoms. The van der Waals surface area contributed by atoms with Gasteiger partial charge in [-0.05, 0) is 32.2 Å². The molecule has 1 aliphatic rings. The van der Waals surface area contributed by atoms with E-state index in [1.165, 1.54) is 19.3 Å². The van der Waals surface area contributed by atoms with Crippen LogP contribution in [0.1, 0.15) is 25.7 Å². The average molecular weight is 231 g/mol. The Morgan fingerprint density at radius 1 is 0.938 bits per heavy atom. The van der Waals surface area contributed by atoms with Crippen LogP contribution in [0.3, 0.4) is 0 Å². The lowest BCUT2D eigenvalue weighted by atomic mass is 10.3. The lowest BCUT2D eigenvalue weighted by Gasteiger charge is -2.06. The molecule has 0 aromatic carbocycles. The molecule has 16 heavy (non-hydrogen) atoms. The number of ether oxygens (including phenoxy) is 3. The van der Waals surface area contributed by atoms with E-state index < -0.39 is 0 Å². The summed E-state index contributed by atoms with van der Waals surface area (Å²) in [4.78, 5) is 0. The average Bonchev–Trinajstić information content (AvgIpc) is 3.10. The van der Waals surface area contributed by atoms with Crippen molar-refractivity contribution in [3.63, 3.8) is 0 Å². The monoisotopic (exact) mass is 231 g/mol. The molecule has 1 N–H and O–H groups in total. The van der Waals surface area contributed by atoms with Crippen LogP contribution in [-0.4, -0.2) is 52.7 Å². The molecule has 4 nitrogen and oxygen atoms in total. The zero-order valence-electron chi connectivity index (χ0n) is 10.4. The van der Waals surface area contributed by atoms with Crippen LogP contribution >= 0.6 is 0 Å². The fourth-order valence-corrected chi connectivity index (χ4v) is 1.39. The third-order valence-corrected chi connectivity index (χ3v) is 2.53. The molecule has 1 saturated carbocycles. The second kappa shape index (κ2) is 10.0. The minimum atomic E-state index is 0.658. The van der Waals surface area contributed by atoms with E-state index >= 15 is 0 Å². The van der Waals surface area contributed by atoms with Crippen molar-refractivity contribution < 1.29 is 14.2 Å². The molecular formula is C12H25NO3. The summed E-state index contributed by atoms with van der Waals surface area (Å²) in [5.41, 5.74) is 0. The zero-order chi connectivity index (χ0) is 11.5. The highest BCUT2D eigenvalue weighted by molar-refractivity contribution is 4.80. The van der Waals surface area contributed by atoms with Gasteiger partial charge in [-0.2, -0.15) is 0 Å². The number of rotatable bonds is 12. The largest absolute Gasteiger partial charge is 0.382 e. The minimum Gasteiger partial charge on any atom is -0.382 e. The fraction of sp³-hybridized carbons (Fsp3) is 1.00. The standard InChI is InChI=1S/C12H25NO3/c1-14-8-9-16-11-10-15-7-3-2-6-13-12-4-5-12/h12-13H,2-11H2,1H3. The fourth-order valence-electron chi connectivity index (χ4n) is 1.39. The van der Waals surface area contributed by atoms with E-state index in [1.807, 2.05) is 0 Å². The van der Waals surface area contributed by atoms with Crippen molar-refractivity contribution in [2.45, 2.75) is 31.7 Å². The first kappa shape index (κ1) is 13.9. The summed E-state index contributed by atoms with van der Waals surface area (Å²) >= 11 is 0. The van der Waals surface area contributed by atoms with Gasteiger partial charge in [0.1, 0.15) is 0 Å². The topological polar surface area (TPSA) is 39.7 Å². The molecule has 0 aromatic rings. The Labute approximate surface area is 98.6 Å². The van der Waals surface area contributed by atoms with Crippen LogP contribution in [0.15, 0.2) is 0 Å². The van der Waals surface area contributed by atoms with Crippen LogP contribution in [0.4, 0.5) is 0 Å². The smallest absolute Gasteiger partial charge is 0.0701 e. The SMILES string of the molecule is COCCOCCOCCCCNC1CC1. The van der Waals surface area contributed by atoms with Crippen molar-refractivity contribution in [2.24, 2.45) is 0 Å². The van der Waals surface area contributed by atoms with Crippen LogP contribution in [0.2, 0.25) is 0 Å². The van der Waals surface area contributed by atoms with Crippen LogP contribution in [0.5, 0.6) is 0 Å². The van der Waals surface area contributed by atoms with E-state index in [0.29, 0.717) is 26.4 Å². The van der Waals surface area contributed by atoms with Crippen LogP contribution in [0.25, 0.3) is 0 Å². The van der Waals surface area contributed by atoms with Gasteiger partial charge in [0.2, 0.25) is 0 Å². The molecular weight excluding hydrogens is 206 g/mol. The highest BCUT2D eigenvalue weighted by atomic mass is 16.5. The molecule has 0 atom stereocenters. The first-order valence-corrected chi connectivity index (χ1v) is 6.31. The molecule has 0 saturated heterocycles. The summed E-state index contributed by atoms with van der Waals surface area (Å²) in [6.07, 6.45) is 5.09. The van der Waals surface area contributed by atoms with Crippen LogP contribution in [0, 0.1) is 0 Å². The van der Waals surface area contributed by atoms with Gasteiger partial charge >= 0.3 is 0 Å². The molecule has 0 bridgehead atoms. The zero-order valence-corrected chi connectivity index (χ0v) is 10.4.